The molecule has 0 bridgehead atoms. The number of hydrogen-bond donors (Lipinski definition) is 2. The number of aromatic nitrogens is 2. The maximum absolute atomic E-state index is 12.1. The van der Waals surface area contributed by atoms with Gasteiger partial charge in [-0.25, -0.2) is 0 Å². The van der Waals surface area contributed by atoms with E-state index in [2.05, 4.69) is 15.5 Å². The highest BCUT2D eigenvalue weighted by Gasteiger charge is 2.10. The van der Waals surface area contributed by atoms with Gasteiger partial charge in [0.25, 0.3) is 5.91 Å². The summed E-state index contributed by atoms with van der Waals surface area (Å²) in [6.45, 7) is 0.481. The van der Waals surface area contributed by atoms with E-state index in [4.69, 9.17) is 11.6 Å². The second kappa shape index (κ2) is 6.45. The monoisotopic (exact) mass is 311 g/mol. The van der Waals surface area contributed by atoms with Crippen molar-refractivity contribution in [1.82, 2.24) is 15.5 Å². The smallest absolute Gasteiger partial charge is 0.269 e. The fourth-order valence-corrected chi connectivity index (χ4v) is 2.21. The Hall–Kier alpha value is -2.59. The molecule has 0 atom stereocenters. The largest absolute Gasteiger partial charge is 0.347 e. The lowest BCUT2D eigenvalue weighted by Gasteiger charge is -2.02. The molecular formula is C17H14ClN3O. The van der Waals surface area contributed by atoms with Gasteiger partial charge in [-0.05, 0) is 23.8 Å². The van der Waals surface area contributed by atoms with Crippen molar-refractivity contribution < 1.29 is 4.79 Å². The molecule has 2 aromatic carbocycles. The summed E-state index contributed by atoms with van der Waals surface area (Å²) in [6.07, 6.45) is 0. The van der Waals surface area contributed by atoms with Crippen molar-refractivity contribution in [1.29, 1.82) is 0 Å². The highest BCUT2D eigenvalue weighted by molar-refractivity contribution is 6.30. The summed E-state index contributed by atoms with van der Waals surface area (Å²) in [5.74, 6) is -0.184. The van der Waals surface area contributed by atoms with Gasteiger partial charge >= 0.3 is 0 Å². The fraction of sp³-hybridized carbons (Fsp3) is 0.0588. The minimum absolute atomic E-state index is 0.184. The van der Waals surface area contributed by atoms with Gasteiger partial charge in [0.05, 0.1) is 5.69 Å². The van der Waals surface area contributed by atoms with Crippen LogP contribution in [0.25, 0.3) is 11.3 Å². The Balaban J connectivity index is 1.68. The predicted molar refractivity (Wildman–Crippen MR) is 86.6 cm³/mol. The van der Waals surface area contributed by atoms with Crippen LogP contribution in [0.15, 0.2) is 60.7 Å². The van der Waals surface area contributed by atoms with Crippen LogP contribution in [0.3, 0.4) is 0 Å². The first-order valence-corrected chi connectivity index (χ1v) is 7.23. The van der Waals surface area contributed by atoms with E-state index < -0.39 is 0 Å². The maximum Gasteiger partial charge on any atom is 0.269 e. The summed E-state index contributed by atoms with van der Waals surface area (Å²) in [5.41, 5.74) is 3.10. The molecule has 2 N–H and O–H groups in total. The first-order chi connectivity index (χ1) is 10.7. The number of nitrogens with zero attached hydrogens (tertiary/aromatic N) is 1. The topological polar surface area (TPSA) is 57.8 Å². The van der Waals surface area contributed by atoms with Gasteiger partial charge in [0.1, 0.15) is 5.69 Å². The second-order valence-corrected chi connectivity index (χ2v) is 5.28. The van der Waals surface area contributed by atoms with Gasteiger partial charge in [0, 0.05) is 17.1 Å². The normalized spacial score (nSPS) is 10.4. The van der Waals surface area contributed by atoms with Gasteiger partial charge < -0.3 is 5.32 Å². The maximum atomic E-state index is 12.1. The molecule has 1 amide bonds. The molecule has 0 aliphatic carbocycles. The molecule has 1 heterocycles. The number of hydrogen-bond acceptors (Lipinski definition) is 2. The van der Waals surface area contributed by atoms with Crippen molar-refractivity contribution in [2.75, 3.05) is 0 Å². The number of nitrogens with one attached hydrogen (secondary N) is 2. The zero-order valence-electron chi connectivity index (χ0n) is 11.7. The van der Waals surface area contributed by atoms with Crippen LogP contribution in [0, 0.1) is 0 Å². The minimum Gasteiger partial charge on any atom is -0.347 e. The van der Waals surface area contributed by atoms with Crippen molar-refractivity contribution in [2.24, 2.45) is 0 Å². The van der Waals surface area contributed by atoms with E-state index in [1.165, 1.54) is 0 Å². The molecule has 22 heavy (non-hydrogen) atoms. The van der Waals surface area contributed by atoms with Crippen molar-refractivity contribution in [2.45, 2.75) is 6.54 Å². The van der Waals surface area contributed by atoms with E-state index in [1.807, 2.05) is 42.5 Å². The van der Waals surface area contributed by atoms with Crippen LogP contribution in [0.2, 0.25) is 5.02 Å². The molecule has 110 valence electrons. The van der Waals surface area contributed by atoms with E-state index in [0.717, 1.165) is 11.1 Å². The molecule has 0 saturated heterocycles. The molecule has 0 unspecified atom stereocenters. The predicted octanol–water partition coefficient (Wildman–Crippen LogP) is 3.66. The summed E-state index contributed by atoms with van der Waals surface area (Å²) in [5, 5.41) is 10.4. The van der Waals surface area contributed by atoms with Crippen molar-refractivity contribution in [3.8, 4) is 11.3 Å². The Bertz CT molecular complexity index is 766. The summed E-state index contributed by atoms with van der Waals surface area (Å²) >= 11 is 5.86. The Morgan fingerprint density at radius 1 is 1.09 bits per heavy atom. The number of amides is 1. The number of H-pyrrole nitrogens is 1. The molecular weight excluding hydrogens is 298 g/mol. The van der Waals surface area contributed by atoms with E-state index in [0.29, 0.717) is 23.0 Å². The quantitative estimate of drug-likeness (QED) is 0.772. The molecule has 3 rings (SSSR count). The summed E-state index contributed by atoms with van der Waals surface area (Å²) in [4.78, 5) is 12.1. The SMILES string of the molecule is O=C(NCc1ccccc1)c1cc(-c2ccc(Cl)cc2)n[nH]1. The van der Waals surface area contributed by atoms with Crippen LogP contribution in [-0.4, -0.2) is 16.1 Å². The second-order valence-electron chi connectivity index (χ2n) is 4.84. The van der Waals surface area contributed by atoms with E-state index in [1.54, 1.807) is 18.2 Å². The first-order valence-electron chi connectivity index (χ1n) is 6.86. The Kier molecular flexibility index (Phi) is 4.21. The Morgan fingerprint density at radius 2 is 1.82 bits per heavy atom. The number of aromatic amines is 1. The van der Waals surface area contributed by atoms with Gasteiger partial charge in [-0.15, -0.1) is 0 Å². The summed E-state index contributed by atoms with van der Waals surface area (Å²) < 4.78 is 0. The number of rotatable bonds is 4. The highest BCUT2D eigenvalue weighted by Crippen LogP contribution is 2.20. The molecule has 0 fully saturated rings. The van der Waals surface area contributed by atoms with Crippen molar-refractivity contribution in [3.63, 3.8) is 0 Å². The molecule has 5 heteroatoms. The van der Waals surface area contributed by atoms with Crippen LogP contribution < -0.4 is 5.32 Å². The standard InChI is InChI=1S/C17H14ClN3O/c18-14-8-6-13(7-9-14)15-10-16(21-20-15)17(22)19-11-12-4-2-1-3-5-12/h1-10H,11H2,(H,19,22)(H,20,21). The fourth-order valence-electron chi connectivity index (χ4n) is 2.08. The third kappa shape index (κ3) is 3.35. The first kappa shape index (κ1) is 14.4. The number of carbonyl (C=O) groups is 1. The molecule has 0 aliphatic heterocycles. The summed E-state index contributed by atoms with van der Waals surface area (Å²) in [6, 6.07) is 18.8. The van der Waals surface area contributed by atoms with Gasteiger partial charge in [-0.2, -0.15) is 5.10 Å². The zero-order chi connectivity index (χ0) is 15.4. The van der Waals surface area contributed by atoms with Gasteiger partial charge in [0.2, 0.25) is 0 Å². The van der Waals surface area contributed by atoms with Crippen LogP contribution in [0.5, 0.6) is 0 Å². The zero-order valence-corrected chi connectivity index (χ0v) is 12.5. The lowest BCUT2D eigenvalue weighted by atomic mass is 10.1. The van der Waals surface area contributed by atoms with E-state index in [9.17, 15) is 4.79 Å². The highest BCUT2D eigenvalue weighted by atomic mass is 35.5. The molecule has 1 aromatic heterocycles. The molecule has 0 radical (unpaired) electrons. The van der Waals surface area contributed by atoms with Gasteiger partial charge in [0.15, 0.2) is 0 Å². The Labute approximate surface area is 133 Å². The van der Waals surface area contributed by atoms with Crippen molar-refractivity contribution >= 4 is 17.5 Å². The number of benzene rings is 2. The minimum atomic E-state index is -0.184. The average Bonchev–Trinajstić information content (AvgIpc) is 3.04. The van der Waals surface area contributed by atoms with Gasteiger partial charge in [-0.3, -0.25) is 9.89 Å². The van der Waals surface area contributed by atoms with Crippen LogP contribution in [0.4, 0.5) is 0 Å². The molecule has 0 aliphatic rings. The Morgan fingerprint density at radius 3 is 2.55 bits per heavy atom. The number of halogens is 1. The van der Waals surface area contributed by atoms with Gasteiger partial charge in [-0.1, -0.05) is 54.1 Å². The molecule has 4 nitrogen and oxygen atoms in total. The third-order valence-corrected chi connectivity index (χ3v) is 3.51. The van der Waals surface area contributed by atoms with Crippen LogP contribution in [-0.2, 0) is 6.54 Å². The molecule has 3 aromatic rings. The average molecular weight is 312 g/mol. The third-order valence-electron chi connectivity index (χ3n) is 3.26. The van der Waals surface area contributed by atoms with Crippen LogP contribution in [0.1, 0.15) is 16.1 Å². The molecule has 0 saturated carbocycles. The lowest BCUT2D eigenvalue weighted by Crippen LogP contribution is -2.23. The molecule has 0 spiro atoms. The van der Waals surface area contributed by atoms with E-state index in [-0.39, 0.29) is 5.91 Å². The van der Waals surface area contributed by atoms with Crippen molar-refractivity contribution in [3.05, 3.63) is 76.9 Å². The lowest BCUT2D eigenvalue weighted by molar-refractivity contribution is 0.0946. The summed E-state index contributed by atoms with van der Waals surface area (Å²) in [7, 11) is 0. The van der Waals surface area contributed by atoms with Crippen LogP contribution >= 0.6 is 11.6 Å². The number of carbonyl (C=O) groups excluding carboxylic acids is 1. The van der Waals surface area contributed by atoms with E-state index >= 15 is 0 Å².